The van der Waals surface area contributed by atoms with E-state index < -0.39 is 11.7 Å². The first-order chi connectivity index (χ1) is 12.4. The van der Waals surface area contributed by atoms with Crippen LogP contribution in [0.5, 0.6) is 5.75 Å². The average Bonchev–Trinajstić information content (AvgIpc) is 3.00. The summed E-state index contributed by atoms with van der Waals surface area (Å²) in [5.41, 5.74) is -0.208. The SMILES string of the molecule is CC1[C@H]2CC(Oc3cc(Br)cnc3NC(=O)c3c(F)cccc3Cl)C[C@@H]12. The lowest BCUT2D eigenvalue weighted by atomic mass is 10.1. The number of fused-ring (bicyclic) bond motifs is 1. The second-order valence-electron chi connectivity index (χ2n) is 6.95. The molecule has 4 atom stereocenters. The van der Waals surface area contributed by atoms with Crippen molar-refractivity contribution in [3.8, 4) is 5.75 Å². The molecular formula is C19H17BrClFN2O2. The molecule has 136 valence electrons. The van der Waals surface area contributed by atoms with Crippen molar-refractivity contribution in [3.63, 3.8) is 0 Å². The molecule has 1 aromatic carbocycles. The maximum absolute atomic E-state index is 14.0. The molecule has 0 saturated heterocycles. The first kappa shape index (κ1) is 17.7. The second-order valence-corrected chi connectivity index (χ2v) is 8.27. The average molecular weight is 440 g/mol. The molecule has 2 aliphatic rings. The summed E-state index contributed by atoms with van der Waals surface area (Å²) in [5.74, 6) is 1.67. The molecule has 2 fully saturated rings. The number of amides is 1. The lowest BCUT2D eigenvalue weighted by Gasteiger charge is -2.19. The highest BCUT2D eigenvalue weighted by Gasteiger charge is 2.54. The maximum atomic E-state index is 14.0. The molecule has 1 heterocycles. The van der Waals surface area contributed by atoms with E-state index in [2.05, 4.69) is 33.2 Å². The number of aromatic nitrogens is 1. The largest absolute Gasteiger partial charge is 0.486 e. The molecule has 1 aromatic heterocycles. The van der Waals surface area contributed by atoms with Gasteiger partial charge in [-0.2, -0.15) is 0 Å². The minimum absolute atomic E-state index is 0.0481. The van der Waals surface area contributed by atoms with Gasteiger partial charge in [-0.15, -0.1) is 0 Å². The van der Waals surface area contributed by atoms with Crippen molar-refractivity contribution < 1.29 is 13.9 Å². The van der Waals surface area contributed by atoms with Gasteiger partial charge in [0.15, 0.2) is 11.6 Å². The highest BCUT2D eigenvalue weighted by atomic mass is 79.9. The van der Waals surface area contributed by atoms with Crippen molar-refractivity contribution >= 4 is 39.3 Å². The Morgan fingerprint density at radius 1 is 1.38 bits per heavy atom. The molecule has 26 heavy (non-hydrogen) atoms. The lowest BCUT2D eigenvalue weighted by Crippen LogP contribution is -2.19. The summed E-state index contributed by atoms with van der Waals surface area (Å²) in [4.78, 5) is 16.7. The predicted molar refractivity (Wildman–Crippen MR) is 101 cm³/mol. The lowest BCUT2D eigenvalue weighted by molar-refractivity contribution is 0.102. The Kier molecular flexibility index (Phi) is 4.65. The molecule has 0 aliphatic heterocycles. The zero-order valence-corrected chi connectivity index (χ0v) is 16.3. The normalized spacial score (nSPS) is 26.3. The number of ether oxygens (including phenoxy) is 1. The number of anilines is 1. The van der Waals surface area contributed by atoms with Gasteiger partial charge in [-0.3, -0.25) is 4.79 Å². The van der Waals surface area contributed by atoms with E-state index in [1.54, 1.807) is 12.3 Å². The topological polar surface area (TPSA) is 51.2 Å². The van der Waals surface area contributed by atoms with Gasteiger partial charge in [0.2, 0.25) is 0 Å². The third-order valence-electron chi connectivity index (χ3n) is 5.36. The molecule has 1 amide bonds. The Balaban J connectivity index is 1.54. The van der Waals surface area contributed by atoms with Gasteiger partial charge in [0, 0.05) is 10.7 Å². The molecule has 2 aliphatic carbocycles. The molecule has 4 rings (SSSR count). The fourth-order valence-electron chi connectivity index (χ4n) is 3.88. The smallest absolute Gasteiger partial charge is 0.261 e. The summed E-state index contributed by atoms with van der Waals surface area (Å²) in [5, 5.41) is 2.67. The molecular weight excluding hydrogens is 423 g/mol. The number of nitrogens with zero attached hydrogens (tertiary/aromatic N) is 1. The van der Waals surface area contributed by atoms with E-state index in [4.69, 9.17) is 16.3 Å². The third-order valence-corrected chi connectivity index (χ3v) is 6.11. The summed E-state index contributed by atoms with van der Waals surface area (Å²) in [7, 11) is 0. The van der Waals surface area contributed by atoms with Crippen molar-refractivity contribution in [1.29, 1.82) is 0 Å². The van der Waals surface area contributed by atoms with E-state index in [-0.39, 0.29) is 22.5 Å². The fraction of sp³-hybridized carbons (Fsp3) is 0.368. The van der Waals surface area contributed by atoms with Crippen molar-refractivity contribution in [2.24, 2.45) is 17.8 Å². The third kappa shape index (κ3) is 3.32. The molecule has 2 saturated carbocycles. The van der Waals surface area contributed by atoms with Crippen LogP contribution in [0.4, 0.5) is 10.2 Å². The molecule has 2 aromatic rings. The Hall–Kier alpha value is -1.66. The van der Waals surface area contributed by atoms with E-state index >= 15 is 0 Å². The highest BCUT2D eigenvalue weighted by Crippen LogP contribution is 2.57. The minimum Gasteiger partial charge on any atom is -0.486 e. The van der Waals surface area contributed by atoms with Crippen LogP contribution in [0.2, 0.25) is 5.02 Å². The monoisotopic (exact) mass is 438 g/mol. The van der Waals surface area contributed by atoms with Crippen LogP contribution < -0.4 is 10.1 Å². The van der Waals surface area contributed by atoms with Gasteiger partial charge < -0.3 is 10.1 Å². The maximum Gasteiger partial charge on any atom is 0.261 e. The molecule has 1 N–H and O–H groups in total. The number of benzene rings is 1. The summed E-state index contributed by atoms with van der Waals surface area (Å²) < 4.78 is 20.8. The summed E-state index contributed by atoms with van der Waals surface area (Å²) in [6, 6.07) is 5.88. The van der Waals surface area contributed by atoms with Crippen LogP contribution in [-0.2, 0) is 0 Å². The summed E-state index contributed by atoms with van der Waals surface area (Å²) in [6.45, 7) is 2.27. The Bertz CT molecular complexity index is 846. The predicted octanol–water partition coefficient (Wildman–Crippen LogP) is 5.31. The first-order valence-electron chi connectivity index (χ1n) is 8.51. The van der Waals surface area contributed by atoms with E-state index in [1.165, 1.54) is 18.2 Å². The number of hydrogen-bond donors (Lipinski definition) is 1. The van der Waals surface area contributed by atoms with Gasteiger partial charge in [-0.1, -0.05) is 24.6 Å². The number of nitrogens with one attached hydrogen (secondary N) is 1. The van der Waals surface area contributed by atoms with Crippen LogP contribution in [0.3, 0.4) is 0 Å². The number of halogens is 3. The van der Waals surface area contributed by atoms with Crippen LogP contribution in [0.1, 0.15) is 30.1 Å². The molecule has 0 spiro atoms. The molecule has 7 heteroatoms. The highest BCUT2D eigenvalue weighted by molar-refractivity contribution is 9.10. The van der Waals surface area contributed by atoms with Gasteiger partial charge in [0.05, 0.1) is 16.7 Å². The molecule has 0 bridgehead atoms. The van der Waals surface area contributed by atoms with Crippen LogP contribution in [0.15, 0.2) is 34.9 Å². The number of hydrogen-bond acceptors (Lipinski definition) is 3. The van der Waals surface area contributed by atoms with E-state index in [0.29, 0.717) is 5.75 Å². The summed E-state index contributed by atoms with van der Waals surface area (Å²) in [6.07, 6.45) is 3.71. The number of carbonyl (C=O) groups is 1. The fourth-order valence-corrected chi connectivity index (χ4v) is 4.44. The quantitative estimate of drug-likeness (QED) is 0.702. The standard InChI is InChI=1S/C19H17BrClFN2O2/c1-9-12-6-11(7-13(9)12)26-16-5-10(20)8-23-18(16)24-19(25)17-14(21)3-2-4-15(17)22/h2-5,8-9,11-13H,6-7H2,1H3,(H,23,24,25)/t9?,11?,12-,13+. The first-order valence-corrected chi connectivity index (χ1v) is 9.68. The molecule has 2 unspecified atom stereocenters. The Labute approximate surface area is 164 Å². The van der Waals surface area contributed by atoms with Crippen LogP contribution in [-0.4, -0.2) is 17.0 Å². The van der Waals surface area contributed by atoms with Crippen molar-refractivity contribution in [1.82, 2.24) is 4.98 Å². The number of pyridine rings is 1. The number of rotatable bonds is 4. The Morgan fingerprint density at radius 2 is 2.12 bits per heavy atom. The van der Waals surface area contributed by atoms with E-state index in [9.17, 15) is 9.18 Å². The van der Waals surface area contributed by atoms with Gasteiger partial charge in [-0.25, -0.2) is 9.37 Å². The van der Waals surface area contributed by atoms with Gasteiger partial charge in [-0.05, 0) is 64.7 Å². The Morgan fingerprint density at radius 3 is 2.81 bits per heavy atom. The van der Waals surface area contributed by atoms with Crippen LogP contribution >= 0.6 is 27.5 Å². The van der Waals surface area contributed by atoms with Crippen molar-refractivity contribution in [2.75, 3.05) is 5.32 Å². The van der Waals surface area contributed by atoms with Crippen LogP contribution in [0, 0.1) is 23.6 Å². The minimum atomic E-state index is -0.681. The van der Waals surface area contributed by atoms with E-state index in [0.717, 1.165) is 35.1 Å². The van der Waals surface area contributed by atoms with Gasteiger partial charge >= 0.3 is 0 Å². The van der Waals surface area contributed by atoms with Crippen molar-refractivity contribution in [3.05, 3.63) is 51.3 Å². The van der Waals surface area contributed by atoms with Gasteiger partial charge in [0.25, 0.3) is 5.91 Å². The van der Waals surface area contributed by atoms with E-state index in [1.807, 2.05) is 0 Å². The zero-order chi connectivity index (χ0) is 18.4. The van der Waals surface area contributed by atoms with Crippen molar-refractivity contribution in [2.45, 2.75) is 25.9 Å². The van der Waals surface area contributed by atoms with Gasteiger partial charge in [0.1, 0.15) is 5.82 Å². The van der Waals surface area contributed by atoms with Crippen LogP contribution in [0.25, 0.3) is 0 Å². The zero-order valence-electron chi connectivity index (χ0n) is 14.0. The molecule has 4 nitrogen and oxygen atoms in total. The molecule has 0 radical (unpaired) electrons. The summed E-state index contributed by atoms with van der Waals surface area (Å²) >= 11 is 9.34. The number of carbonyl (C=O) groups excluding carboxylic acids is 1. The second kappa shape index (κ2) is 6.82.